The van der Waals surface area contributed by atoms with Crippen molar-refractivity contribution in [3.63, 3.8) is 0 Å². The Balaban J connectivity index is 2.57. The van der Waals surface area contributed by atoms with Gasteiger partial charge in [-0.15, -0.1) is 0 Å². The lowest BCUT2D eigenvalue weighted by atomic mass is 10.1. The maximum Gasteiger partial charge on any atom is 0.120 e. The van der Waals surface area contributed by atoms with Crippen LogP contribution in [0.2, 0.25) is 0 Å². The summed E-state index contributed by atoms with van der Waals surface area (Å²) in [4.78, 5) is 0. The first-order valence-electron chi connectivity index (χ1n) is 6.63. The molecule has 0 saturated heterocycles. The van der Waals surface area contributed by atoms with Crippen LogP contribution in [0.25, 0.3) is 0 Å². The van der Waals surface area contributed by atoms with E-state index in [4.69, 9.17) is 4.74 Å². The van der Waals surface area contributed by atoms with Crippen molar-refractivity contribution in [3.05, 3.63) is 29.8 Å². The van der Waals surface area contributed by atoms with Gasteiger partial charge >= 0.3 is 0 Å². The summed E-state index contributed by atoms with van der Waals surface area (Å²) in [7, 11) is 0. The van der Waals surface area contributed by atoms with E-state index in [1.165, 1.54) is 18.4 Å². The molecular formula is C15H25NO. The van der Waals surface area contributed by atoms with Crippen molar-refractivity contribution < 1.29 is 4.74 Å². The molecule has 0 amide bonds. The normalized spacial score (nSPS) is 12.8. The molecule has 1 aromatic rings. The molecule has 1 rings (SSSR count). The first-order chi connectivity index (χ1) is 8.13. The van der Waals surface area contributed by atoms with E-state index in [1.807, 2.05) is 6.07 Å². The molecule has 0 aromatic heterocycles. The van der Waals surface area contributed by atoms with Crippen molar-refractivity contribution in [2.24, 2.45) is 0 Å². The van der Waals surface area contributed by atoms with Crippen LogP contribution >= 0.6 is 0 Å². The van der Waals surface area contributed by atoms with Crippen LogP contribution in [0.4, 0.5) is 0 Å². The van der Waals surface area contributed by atoms with Crippen molar-refractivity contribution in [2.75, 3.05) is 6.54 Å². The lowest BCUT2D eigenvalue weighted by Gasteiger charge is -2.16. The van der Waals surface area contributed by atoms with Crippen LogP contribution in [0.1, 0.15) is 52.1 Å². The van der Waals surface area contributed by atoms with Crippen LogP contribution in [0.3, 0.4) is 0 Å². The minimum absolute atomic E-state index is 0.230. The molecule has 0 aliphatic rings. The SMILES string of the molecule is CCCCN[C@@H](C)c1cccc(OC(C)C)c1. The first-order valence-corrected chi connectivity index (χ1v) is 6.63. The van der Waals surface area contributed by atoms with Gasteiger partial charge in [-0.25, -0.2) is 0 Å². The number of ether oxygens (including phenoxy) is 1. The van der Waals surface area contributed by atoms with Gasteiger partial charge in [0.25, 0.3) is 0 Å². The molecule has 96 valence electrons. The molecule has 0 heterocycles. The molecule has 0 aliphatic heterocycles. The third-order valence-electron chi connectivity index (χ3n) is 2.71. The Morgan fingerprint density at radius 2 is 2.00 bits per heavy atom. The molecule has 0 spiro atoms. The van der Waals surface area contributed by atoms with E-state index in [-0.39, 0.29) is 6.10 Å². The summed E-state index contributed by atoms with van der Waals surface area (Å²) < 4.78 is 5.70. The fraction of sp³-hybridized carbons (Fsp3) is 0.600. The fourth-order valence-electron chi connectivity index (χ4n) is 1.74. The van der Waals surface area contributed by atoms with Gasteiger partial charge in [-0.2, -0.15) is 0 Å². The van der Waals surface area contributed by atoms with E-state index < -0.39 is 0 Å². The van der Waals surface area contributed by atoms with E-state index in [1.54, 1.807) is 0 Å². The molecule has 2 nitrogen and oxygen atoms in total. The van der Waals surface area contributed by atoms with Gasteiger partial charge in [0, 0.05) is 6.04 Å². The average Bonchev–Trinajstić information content (AvgIpc) is 2.28. The second-order valence-corrected chi connectivity index (χ2v) is 4.77. The standard InChI is InChI=1S/C15H25NO/c1-5-6-10-16-13(4)14-8-7-9-15(11-14)17-12(2)3/h7-9,11-13,16H,5-6,10H2,1-4H3/t13-/m0/s1. The highest BCUT2D eigenvalue weighted by Gasteiger charge is 2.06. The minimum atomic E-state index is 0.230. The van der Waals surface area contributed by atoms with E-state index >= 15 is 0 Å². The molecule has 1 atom stereocenters. The van der Waals surface area contributed by atoms with Gasteiger partial charge in [-0.3, -0.25) is 0 Å². The molecule has 0 bridgehead atoms. The maximum atomic E-state index is 5.70. The van der Waals surface area contributed by atoms with Crippen LogP contribution in [0.5, 0.6) is 5.75 Å². The van der Waals surface area contributed by atoms with Crippen molar-refractivity contribution >= 4 is 0 Å². The number of nitrogens with one attached hydrogen (secondary N) is 1. The molecule has 1 aromatic carbocycles. The van der Waals surface area contributed by atoms with Gasteiger partial charge in [0.1, 0.15) is 5.75 Å². The van der Waals surface area contributed by atoms with Crippen LogP contribution < -0.4 is 10.1 Å². The highest BCUT2D eigenvalue weighted by atomic mass is 16.5. The van der Waals surface area contributed by atoms with Crippen LogP contribution in [0, 0.1) is 0 Å². The monoisotopic (exact) mass is 235 g/mol. The van der Waals surface area contributed by atoms with Gasteiger partial charge in [-0.05, 0) is 51.4 Å². The topological polar surface area (TPSA) is 21.3 Å². The Morgan fingerprint density at radius 1 is 1.24 bits per heavy atom. The van der Waals surface area contributed by atoms with Gasteiger partial charge in [0.2, 0.25) is 0 Å². The third-order valence-corrected chi connectivity index (χ3v) is 2.71. The minimum Gasteiger partial charge on any atom is -0.491 e. The summed E-state index contributed by atoms with van der Waals surface area (Å²) in [5, 5.41) is 3.52. The van der Waals surface area contributed by atoms with Crippen LogP contribution in [0.15, 0.2) is 24.3 Å². The molecule has 0 radical (unpaired) electrons. The Bertz CT molecular complexity index is 322. The second kappa shape index (κ2) is 7.33. The van der Waals surface area contributed by atoms with Gasteiger partial charge in [0.05, 0.1) is 6.10 Å². The first kappa shape index (κ1) is 14.0. The Kier molecular flexibility index (Phi) is 6.06. The van der Waals surface area contributed by atoms with Crippen molar-refractivity contribution in [3.8, 4) is 5.75 Å². The predicted octanol–water partition coefficient (Wildman–Crippen LogP) is 3.92. The lowest BCUT2D eigenvalue weighted by molar-refractivity contribution is 0.242. The van der Waals surface area contributed by atoms with E-state index in [0.29, 0.717) is 6.04 Å². The molecule has 0 unspecified atom stereocenters. The number of rotatable bonds is 7. The van der Waals surface area contributed by atoms with Gasteiger partial charge in [-0.1, -0.05) is 25.5 Å². The summed E-state index contributed by atoms with van der Waals surface area (Å²) in [5.74, 6) is 0.960. The molecule has 0 fully saturated rings. The van der Waals surface area contributed by atoms with E-state index in [0.717, 1.165) is 12.3 Å². The summed E-state index contributed by atoms with van der Waals surface area (Å²) in [6.07, 6.45) is 2.69. The number of unbranched alkanes of at least 4 members (excludes halogenated alkanes) is 1. The summed E-state index contributed by atoms with van der Waals surface area (Å²) in [6.45, 7) is 9.59. The maximum absolute atomic E-state index is 5.70. The van der Waals surface area contributed by atoms with Crippen LogP contribution in [-0.2, 0) is 0 Å². The van der Waals surface area contributed by atoms with Crippen LogP contribution in [-0.4, -0.2) is 12.6 Å². The largest absolute Gasteiger partial charge is 0.491 e. The Hall–Kier alpha value is -1.02. The summed E-state index contributed by atoms with van der Waals surface area (Å²) >= 11 is 0. The van der Waals surface area contributed by atoms with Crippen molar-refractivity contribution in [2.45, 2.75) is 52.7 Å². The molecule has 0 saturated carbocycles. The zero-order chi connectivity index (χ0) is 12.7. The lowest BCUT2D eigenvalue weighted by Crippen LogP contribution is -2.19. The highest BCUT2D eigenvalue weighted by molar-refractivity contribution is 5.30. The molecule has 17 heavy (non-hydrogen) atoms. The van der Waals surface area contributed by atoms with E-state index in [9.17, 15) is 0 Å². The zero-order valence-electron chi connectivity index (χ0n) is 11.5. The van der Waals surface area contributed by atoms with Crippen molar-refractivity contribution in [1.29, 1.82) is 0 Å². The highest BCUT2D eigenvalue weighted by Crippen LogP contribution is 2.20. The van der Waals surface area contributed by atoms with E-state index in [2.05, 4.69) is 51.2 Å². The number of hydrogen-bond donors (Lipinski definition) is 1. The van der Waals surface area contributed by atoms with Gasteiger partial charge < -0.3 is 10.1 Å². The number of benzene rings is 1. The second-order valence-electron chi connectivity index (χ2n) is 4.77. The fourth-order valence-corrected chi connectivity index (χ4v) is 1.74. The molecule has 1 N–H and O–H groups in total. The average molecular weight is 235 g/mol. The molecule has 2 heteroatoms. The Labute approximate surface area is 105 Å². The smallest absolute Gasteiger partial charge is 0.120 e. The summed E-state index contributed by atoms with van der Waals surface area (Å²) in [6, 6.07) is 8.74. The van der Waals surface area contributed by atoms with Crippen molar-refractivity contribution in [1.82, 2.24) is 5.32 Å². The summed E-state index contributed by atoms with van der Waals surface area (Å²) in [5.41, 5.74) is 1.29. The molecular weight excluding hydrogens is 210 g/mol. The number of hydrogen-bond acceptors (Lipinski definition) is 2. The molecule has 0 aliphatic carbocycles. The zero-order valence-corrected chi connectivity index (χ0v) is 11.5. The van der Waals surface area contributed by atoms with Gasteiger partial charge in [0.15, 0.2) is 0 Å². The quantitative estimate of drug-likeness (QED) is 0.723. The third kappa shape index (κ3) is 5.22. The Morgan fingerprint density at radius 3 is 2.65 bits per heavy atom. The predicted molar refractivity (Wildman–Crippen MR) is 73.5 cm³/mol.